The number of sulfonamides is 1. The van der Waals surface area contributed by atoms with Crippen molar-refractivity contribution in [3.05, 3.63) is 87.4 Å². The molecule has 3 aromatic rings. The van der Waals surface area contributed by atoms with E-state index in [2.05, 4.69) is 5.32 Å². The zero-order chi connectivity index (χ0) is 24.0. The monoisotopic (exact) mass is 526 g/mol. The molecule has 0 fully saturated rings. The molecule has 0 unspecified atom stereocenters. The Hall–Kier alpha value is -2.29. The molecule has 1 N–H and O–H groups in total. The van der Waals surface area contributed by atoms with Crippen molar-refractivity contribution in [2.45, 2.75) is 18.4 Å². The van der Waals surface area contributed by atoms with Gasteiger partial charge in [0, 0.05) is 27.2 Å². The number of carbonyl (C=O) groups is 1. The Morgan fingerprint density at radius 3 is 2.21 bits per heavy atom. The predicted octanol–water partition coefficient (Wildman–Crippen LogP) is 5.88. The molecule has 33 heavy (non-hydrogen) atoms. The molecule has 0 bridgehead atoms. The summed E-state index contributed by atoms with van der Waals surface area (Å²) >= 11 is 18.5. The van der Waals surface area contributed by atoms with Crippen molar-refractivity contribution in [2.75, 3.05) is 18.5 Å². The van der Waals surface area contributed by atoms with Crippen molar-refractivity contribution in [1.29, 1.82) is 0 Å². The smallest absolute Gasteiger partial charge is 0.243 e. The molecule has 0 heterocycles. The van der Waals surface area contributed by atoms with E-state index in [9.17, 15) is 13.2 Å². The highest BCUT2D eigenvalue weighted by atomic mass is 35.5. The van der Waals surface area contributed by atoms with Gasteiger partial charge in [-0.15, -0.1) is 0 Å². The van der Waals surface area contributed by atoms with Crippen LogP contribution < -0.4 is 10.1 Å². The van der Waals surface area contributed by atoms with E-state index >= 15 is 0 Å². The highest BCUT2D eigenvalue weighted by molar-refractivity contribution is 7.89. The number of anilines is 1. The molecule has 0 saturated heterocycles. The Morgan fingerprint density at radius 1 is 0.939 bits per heavy atom. The lowest BCUT2D eigenvalue weighted by molar-refractivity contribution is -0.116. The van der Waals surface area contributed by atoms with Gasteiger partial charge in [0.1, 0.15) is 5.75 Å². The van der Waals surface area contributed by atoms with Gasteiger partial charge >= 0.3 is 0 Å². The van der Waals surface area contributed by atoms with Crippen molar-refractivity contribution >= 4 is 56.4 Å². The van der Waals surface area contributed by atoms with Crippen molar-refractivity contribution in [1.82, 2.24) is 4.31 Å². The van der Waals surface area contributed by atoms with Gasteiger partial charge in [-0.05, 0) is 55.5 Å². The molecule has 1 amide bonds. The van der Waals surface area contributed by atoms with Crippen LogP contribution in [0.2, 0.25) is 15.1 Å². The maximum Gasteiger partial charge on any atom is 0.243 e. The van der Waals surface area contributed by atoms with E-state index in [0.29, 0.717) is 38.7 Å². The van der Waals surface area contributed by atoms with E-state index in [1.807, 2.05) is 6.92 Å². The number of hydrogen-bond donors (Lipinski definition) is 1. The number of benzene rings is 3. The summed E-state index contributed by atoms with van der Waals surface area (Å²) in [6, 6.07) is 17.5. The van der Waals surface area contributed by atoms with E-state index in [0.717, 1.165) is 4.31 Å². The SMILES string of the molecule is CCOc1ccccc1NC(=O)CN(Cc1c(Cl)cccc1Cl)S(=O)(=O)c1ccc(Cl)cc1. The van der Waals surface area contributed by atoms with Gasteiger partial charge in [-0.25, -0.2) is 8.42 Å². The number of para-hydroxylation sites is 2. The van der Waals surface area contributed by atoms with Crippen molar-refractivity contribution in [3.8, 4) is 5.75 Å². The zero-order valence-electron chi connectivity index (χ0n) is 17.6. The molecule has 0 radical (unpaired) electrons. The third kappa shape index (κ3) is 6.40. The van der Waals surface area contributed by atoms with Crippen LogP contribution in [0.25, 0.3) is 0 Å². The number of nitrogens with zero attached hydrogens (tertiary/aromatic N) is 1. The van der Waals surface area contributed by atoms with Crippen molar-refractivity contribution < 1.29 is 17.9 Å². The fourth-order valence-electron chi connectivity index (χ4n) is 3.04. The van der Waals surface area contributed by atoms with Crippen LogP contribution in [-0.4, -0.2) is 31.8 Å². The van der Waals surface area contributed by atoms with Crippen LogP contribution in [-0.2, 0) is 21.4 Å². The minimum absolute atomic E-state index is 0.0161. The Morgan fingerprint density at radius 2 is 1.58 bits per heavy atom. The predicted molar refractivity (Wildman–Crippen MR) is 132 cm³/mol. The molecular formula is C23H21Cl3N2O4S. The second-order valence-electron chi connectivity index (χ2n) is 6.90. The van der Waals surface area contributed by atoms with Crippen LogP contribution in [0.5, 0.6) is 5.75 Å². The Kier molecular flexibility index (Phi) is 8.62. The number of carbonyl (C=O) groups excluding carboxylic acids is 1. The molecule has 3 aromatic carbocycles. The third-order valence-electron chi connectivity index (χ3n) is 4.63. The van der Waals surface area contributed by atoms with Crippen LogP contribution in [0.4, 0.5) is 5.69 Å². The minimum atomic E-state index is -4.09. The maximum absolute atomic E-state index is 13.4. The van der Waals surface area contributed by atoms with Crippen LogP contribution in [0.1, 0.15) is 12.5 Å². The van der Waals surface area contributed by atoms with Gasteiger partial charge in [-0.1, -0.05) is 53.0 Å². The first-order valence-electron chi connectivity index (χ1n) is 9.92. The Balaban J connectivity index is 1.93. The summed E-state index contributed by atoms with van der Waals surface area (Å²) in [6.45, 7) is 1.55. The fraction of sp³-hybridized carbons (Fsp3) is 0.174. The van der Waals surface area contributed by atoms with Crippen molar-refractivity contribution in [2.24, 2.45) is 0 Å². The van der Waals surface area contributed by atoms with E-state index in [1.54, 1.807) is 42.5 Å². The first-order valence-corrected chi connectivity index (χ1v) is 12.5. The molecule has 0 aliphatic heterocycles. The Labute approximate surface area is 208 Å². The third-order valence-corrected chi connectivity index (χ3v) is 7.39. The second kappa shape index (κ2) is 11.2. The number of hydrogen-bond acceptors (Lipinski definition) is 4. The Bertz CT molecular complexity index is 1210. The molecule has 0 saturated carbocycles. The number of rotatable bonds is 9. The van der Waals surface area contributed by atoms with E-state index < -0.39 is 22.5 Å². The highest BCUT2D eigenvalue weighted by Crippen LogP contribution is 2.29. The summed E-state index contributed by atoms with van der Waals surface area (Å²) in [7, 11) is -4.09. The number of nitrogens with one attached hydrogen (secondary N) is 1. The summed E-state index contributed by atoms with van der Waals surface area (Å²) < 4.78 is 33.4. The summed E-state index contributed by atoms with van der Waals surface area (Å²) in [4.78, 5) is 12.9. The summed E-state index contributed by atoms with van der Waals surface area (Å²) in [5, 5.41) is 3.69. The second-order valence-corrected chi connectivity index (χ2v) is 10.1. The van der Waals surface area contributed by atoms with E-state index in [-0.39, 0.29) is 11.4 Å². The first-order chi connectivity index (χ1) is 15.7. The maximum atomic E-state index is 13.4. The van der Waals surface area contributed by atoms with E-state index in [1.165, 1.54) is 24.3 Å². The van der Waals surface area contributed by atoms with Gasteiger partial charge in [0.25, 0.3) is 0 Å². The number of ether oxygens (including phenoxy) is 1. The molecule has 10 heteroatoms. The molecule has 0 aromatic heterocycles. The van der Waals surface area contributed by atoms with Gasteiger partial charge in [-0.2, -0.15) is 4.31 Å². The van der Waals surface area contributed by atoms with Gasteiger partial charge in [0.15, 0.2) is 0 Å². The van der Waals surface area contributed by atoms with E-state index in [4.69, 9.17) is 39.5 Å². The van der Waals surface area contributed by atoms with Gasteiger partial charge < -0.3 is 10.1 Å². The minimum Gasteiger partial charge on any atom is -0.492 e. The number of halogens is 3. The first kappa shape index (κ1) is 25.3. The fourth-order valence-corrected chi connectivity index (χ4v) is 5.05. The van der Waals surface area contributed by atoms with Crippen LogP contribution in [0.15, 0.2) is 71.6 Å². The molecule has 0 atom stereocenters. The molecule has 3 rings (SSSR count). The molecule has 0 spiro atoms. The molecule has 6 nitrogen and oxygen atoms in total. The average molecular weight is 528 g/mol. The summed E-state index contributed by atoms with van der Waals surface area (Å²) in [5.74, 6) is -0.0718. The van der Waals surface area contributed by atoms with Gasteiger partial charge in [-0.3, -0.25) is 4.79 Å². The van der Waals surface area contributed by atoms with Crippen LogP contribution >= 0.6 is 34.8 Å². The molecule has 0 aliphatic rings. The lowest BCUT2D eigenvalue weighted by Crippen LogP contribution is -2.37. The van der Waals surface area contributed by atoms with Gasteiger partial charge in [0.05, 0.1) is 23.7 Å². The topological polar surface area (TPSA) is 75.7 Å². The average Bonchev–Trinajstić information content (AvgIpc) is 2.77. The summed E-state index contributed by atoms with van der Waals surface area (Å²) in [6.07, 6.45) is 0. The highest BCUT2D eigenvalue weighted by Gasteiger charge is 2.28. The van der Waals surface area contributed by atoms with Crippen LogP contribution in [0.3, 0.4) is 0 Å². The van der Waals surface area contributed by atoms with Crippen molar-refractivity contribution in [3.63, 3.8) is 0 Å². The summed E-state index contributed by atoms with van der Waals surface area (Å²) in [5.41, 5.74) is 0.824. The van der Waals surface area contributed by atoms with Crippen LogP contribution in [0, 0.1) is 0 Å². The number of amides is 1. The largest absolute Gasteiger partial charge is 0.492 e. The zero-order valence-corrected chi connectivity index (χ0v) is 20.7. The molecule has 0 aliphatic carbocycles. The lowest BCUT2D eigenvalue weighted by atomic mass is 10.2. The molecular weight excluding hydrogens is 507 g/mol. The lowest BCUT2D eigenvalue weighted by Gasteiger charge is -2.23. The van der Waals surface area contributed by atoms with Gasteiger partial charge in [0.2, 0.25) is 15.9 Å². The quantitative estimate of drug-likeness (QED) is 0.377. The normalized spacial score (nSPS) is 11.4. The standard InChI is InChI=1S/C23H21Cl3N2O4S/c1-2-32-22-9-4-3-8-21(22)27-23(29)15-28(14-18-19(25)6-5-7-20(18)26)33(30,31)17-12-10-16(24)11-13-17/h3-13H,2,14-15H2,1H3,(H,27,29). The molecule has 174 valence electrons.